The van der Waals surface area contributed by atoms with Crippen molar-refractivity contribution < 1.29 is 28.6 Å². The summed E-state index contributed by atoms with van der Waals surface area (Å²) in [5, 5.41) is 0. The summed E-state index contributed by atoms with van der Waals surface area (Å²) in [6.45, 7) is 6.67. The molecular formula is C74H134O6. The SMILES string of the molecule is CCCCCCC/C=C\C/C=C\C/C=C\CCCCCCCCCCCCC(=O)OCC(COC(=O)CCCCCCCCCCCCCCCC)OC(=O)CCCCCCCCCCCCC/C=C\C/C=C\CCCCCCC. The monoisotopic (exact) mass is 1120 g/mol. The third-order valence-corrected chi connectivity index (χ3v) is 15.7. The molecule has 0 aromatic carbocycles. The Kier molecular flexibility index (Phi) is 66.1. The van der Waals surface area contributed by atoms with Crippen molar-refractivity contribution in [1.29, 1.82) is 0 Å². The molecule has 0 radical (unpaired) electrons. The van der Waals surface area contributed by atoms with E-state index in [2.05, 4.69) is 81.5 Å². The van der Waals surface area contributed by atoms with Gasteiger partial charge in [-0.2, -0.15) is 0 Å². The molecule has 0 amide bonds. The van der Waals surface area contributed by atoms with Crippen LogP contribution < -0.4 is 0 Å². The quantitative estimate of drug-likeness (QED) is 0.0261. The van der Waals surface area contributed by atoms with Crippen molar-refractivity contribution in [2.45, 2.75) is 380 Å². The topological polar surface area (TPSA) is 78.9 Å². The number of ether oxygens (including phenoxy) is 3. The third-order valence-electron chi connectivity index (χ3n) is 15.7. The highest BCUT2D eigenvalue weighted by atomic mass is 16.6. The zero-order chi connectivity index (χ0) is 57.8. The Labute approximate surface area is 498 Å². The van der Waals surface area contributed by atoms with Crippen LogP contribution >= 0.6 is 0 Å². The van der Waals surface area contributed by atoms with Crippen molar-refractivity contribution in [3.05, 3.63) is 60.8 Å². The standard InChI is InChI=1S/C74H134O6/c1-4-7-10-13-16-19-22-25-28-30-32-34-36-37-39-40-42-44-46-49-52-55-58-61-64-67-73(76)79-70-71(69-78-72(75)66-63-60-57-54-51-48-27-24-21-18-15-12-9-6-3)80-74(77)68-65-62-59-56-53-50-47-45-43-41-38-35-33-31-29-26-23-20-17-14-11-8-5-2/h22-23,25-26,30-33,36-37,71H,4-21,24,27-29,34-35,38-70H2,1-3H3/b25-22-,26-23-,32-30-,33-31-,37-36-. The predicted molar refractivity (Wildman–Crippen MR) is 348 cm³/mol. The van der Waals surface area contributed by atoms with E-state index in [0.717, 1.165) is 77.0 Å². The van der Waals surface area contributed by atoms with E-state index in [1.807, 2.05) is 0 Å². The summed E-state index contributed by atoms with van der Waals surface area (Å²) in [5.74, 6) is -0.854. The number of carbonyl (C=O) groups is 3. The van der Waals surface area contributed by atoms with Gasteiger partial charge in [-0.25, -0.2) is 0 Å². The Morgan fingerprint density at radius 1 is 0.250 bits per heavy atom. The van der Waals surface area contributed by atoms with E-state index >= 15 is 0 Å². The second-order valence-electron chi connectivity index (χ2n) is 23.8. The molecule has 0 aromatic rings. The second-order valence-corrected chi connectivity index (χ2v) is 23.8. The van der Waals surface area contributed by atoms with E-state index in [-0.39, 0.29) is 31.1 Å². The largest absolute Gasteiger partial charge is 0.462 e. The maximum absolute atomic E-state index is 13.0. The van der Waals surface area contributed by atoms with Crippen LogP contribution in [0.5, 0.6) is 0 Å². The maximum Gasteiger partial charge on any atom is 0.306 e. The van der Waals surface area contributed by atoms with E-state index in [1.165, 1.54) is 257 Å². The lowest BCUT2D eigenvalue weighted by Gasteiger charge is -2.18. The Hall–Kier alpha value is -2.89. The molecule has 0 aromatic heterocycles. The number of carbonyl (C=O) groups excluding carboxylic acids is 3. The van der Waals surface area contributed by atoms with Crippen molar-refractivity contribution in [3.8, 4) is 0 Å². The fourth-order valence-corrected chi connectivity index (χ4v) is 10.4. The molecule has 0 rings (SSSR count). The second kappa shape index (κ2) is 68.6. The lowest BCUT2D eigenvalue weighted by molar-refractivity contribution is -0.167. The molecule has 0 saturated carbocycles. The minimum absolute atomic E-state index is 0.0720. The third kappa shape index (κ3) is 65.9. The minimum Gasteiger partial charge on any atom is -0.462 e. The molecule has 0 fully saturated rings. The van der Waals surface area contributed by atoms with Crippen molar-refractivity contribution in [3.63, 3.8) is 0 Å². The number of rotatable bonds is 65. The maximum atomic E-state index is 13.0. The Bertz CT molecular complexity index is 1430. The summed E-state index contributed by atoms with van der Waals surface area (Å²) in [4.78, 5) is 38.4. The summed E-state index contributed by atoms with van der Waals surface area (Å²) in [7, 11) is 0. The summed E-state index contributed by atoms with van der Waals surface area (Å²) in [6, 6.07) is 0. The van der Waals surface area contributed by atoms with Gasteiger partial charge in [-0.3, -0.25) is 14.4 Å². The van der Waals surface area contributed by atoms with E-state index in [0.29, 0.717) is 19.3 Å². The van der Waals surface area contributed by atoms with E-state index in [1.54, 1.807) is 0 Å². The van der Waals surface area contributed by atoms with Gasteiger partial charge in [0.05, 0.1) is 0 Å². The molecule has 6 nitrogen and oxygen atoms in total. The van der Waals surface area contributed by atoms with Gasteiger partial charge in [-0.05, 0) is 89.9 Å². The van der Waals surface area contributed by atoms with Gasteiger partial charge >= 0.3 is 17.9 Å². The highest BCUT2D eigenvalue weighted by Crippen LogP contribution is 2.18. The van der Waals surface area contributed by atoms with Gasteiger partial charge in [0.25, 0.3) is 0 Å². The molecular weight excluding hydrogens is 985 g/mol. The van der Waals surface area contributed by atoms with Crippen molar-refractivity contribution in [1.82, 2.24) is 0 Å². The molecule has 0 aliphatic rings. The lowest BCUT2D eigenvalue weighted by Crippen LogP contribution is -2.30. The Morgan fingerprint density at radius 3 is 0.700 bits per heavy atom. The van der Waals surface area contributed by atoms with Gasteiger partial charge in [-0.1, -0.05) is 326 Å². The lowest BCUT2D eigenvalue weighted by atomic mass is 10.0. The van der Waals surface area contributed by atoms with E-state index < -0.39 is 6.10 Å². The smallest absolute Gasteiger partial charge is 0.306 e. The van der Waals surface area contributed by atoms with Gasteiger partial charge in [-0.15, -0.1) is 0 Å². The number of hydrogen-bond acceptors (Lipinski definition) is 6. The molecule has 466 valence electrons. The van der Waals surface area contributed by atoms with Gasteiger partial charge in [0.15, 0.2) is 6.10 Å². The fourth-order valence-electron chi connectivity index (χ4n) is 10.4. The van der Waals surface area contributed by atoms with Crippen LogP contribution in [0.15, 0.2) is 60.8 Å². The fraction of sp³-hybridized carbons (Fsp3) is 0.824. The van der Waals surface area contributed by atoms with Gasteiger partial charge < -0.3 is 14.2 Å². The number of esters is 3. The van der Waals surface area contributed by atoms with Gasteiger partial charge in [0, 0.05) is 19.3 Å². The molecule has 0 bridgehead atoms. The van der Waals surface area contributed by atoms with Crippen molar-refractivity contribution in [2.24, 2.45) is 0 Å². The predicted octanol–water partition coefficient (Wildman–Crippen LogP) is 24.3. The van der Waals surface area contributed by atoms with E-state index in [9.17, 15) is 14.4 Å². The van der Waals surface area contributed by atoms with Crippen molar-refractivity contribution >= 4 is 17.9 Å². The zero-order valence-corrected chi connectivity index (χ0v) is 53.6. The number of unbranched alkanes of at least 4 members (excludes halogenated alkanes) is 44. The van der Waals surface area contributed by atoms with Gasteiger partial charge in [0.1, 0.15) is 13.2 Å². The molecule has 1 unspecified atom stereocenters. The van der Waals surface area contributed by atoms with Crippen LogP contribution in [-0.2, 0) is 28.6 Å². The molecule has 80 heavy (non-hydrogen) atoms. The van der Waals surface area contributed by atoms with Crippen LogP contribution in [0, 0.1) is 0 Å². The first-order valence-electron chi connectivity index (χ1n) is 35.3. The van der Waals surface area contributed by atoms with Gasteiger partial charge in [0.2, 0.25) is 0 Å². The zero-order valence-electron chi connectivity index (χ0n) is 53.6. The van der Waals surface area contributed by atoms with E-state index in [4.69, 9.17) is 14.2 Å². The first-order valence-corrected chi connectivity index (χ1v) is 35.3. The summed E-state index contributed by atoms with van der Waals surface area (Å²) in [5.41, 5.74) is 0. The molecule has 0 N–H and O–H groups in total. The molecule has 0 spiro atoms. The first kappa shape index (κ1) is 77.1. The molecule has 0 aliphatic heterocycles. The molecule has 1 atom stereocenters. The average Bonchev–Trinajstić information content (AvgIpc) is 3.46. The average molecular weight is 1120 g/mol. The summed E-state index contributed by atoms with van der Waals surface area (Å²) >= 11 is 0. The van der Waals surface area contributed by atoms with Crippen molar-refractivity contribution in [2.75, 3.05) is 13.2 Å². The van der Waals surface area contributed by atoms with Crippen LogP contribution in [0.4, 0.5) is 0 Å². The van der Waals surface area contributed by atoms with Crippen LogP contribution in [0.2, 0.25) is 0 Å². The Morgan fingerprint density at radius 2 is 0.450 bits per heavy atom. The number of hydrogen-bond donors (Lipinski definition) is 0. The van der Waals surface area contributed by atoms with Crippen LogP contribution in [0.3, 0.4) is 0 Å². The molecule has 0 heterocycles. The summed E-state index contributed by atoms with van der Waals surface area (Å²) < 4.78 is 17.0. The normalized spacial score (nSPS) is 12.4. The molecule has 0 saturated heterocycles. The number of allylic oxidation sites excluding steroid dienone is 10. The molecule has 6 heteroatoms. The highest BCUT2D eigenvalue weighted by molar-refractivity contribution is 5.71. The van der Waals surface area contributed by atoms with Crippen LogP contribution in [0.1, 0.15) is 374 Å². The van der Waals surface area contributed by atoms with Crippen LogP contribution in [0.25, 0.3) is 0 Å². The summed E-state index contributed by atoms with van der Waals surface area (Å²) in [6.07, 6.45) is 88.1. The molecule has 0 aliphatic carbocycles. The van der Waals surface area contributed by atoms with Crippen LogP contribution in [-0.4, -0.2) is 37.2 Å². The highest BCUT2D eigenvalue weighted by Gasteiger charge is 2.19. The minimum atomic E-state index is -0.777. The first-order chi connectivity index (χ1) is 39.5. The Balaban J connectivity index is 4.30.